The summed E-state index contributed by atoms with van der Waals surface area (Å²) < 4.78 is 26.9. The van der Waals surface area contributed by atoms with Gasteiger partial charge in [0.05, 0.1) is 33.2 Å². The highest BCUT2D eigenvalue weighted by atomic mass is 32.2. The maximum absolute atomic E-state index is 12.4. The second-order valence-electron chi connectivity index (χ2n) is 9.02. The number of carbonyl (C=O) groups is 1. The van der Waals surface area contributed by atoms with Gasteiger partial charge in [-0.1, -0.05) is 27.7 Å². The fourth-order valence-corrected chi connectivity index (χ4v) is 5.73. The number of Topliss-reactive ketones (excluding diaryl/α,β-unsaturated/α-hetero) is 1. The first-order chi connectivity index (χ1) is 15.6. The summed E-state index contributed by atoms with van der Waals surface area (Å²) in [6.45, 7) is 11.2. The zero-order chi connectivity index (χ0) is 24.1. The number of ketones is 1. The Hall–Kier alpha value is -2.81. The Labute approximate surface area is 195 Å². The van der Waals surface area contributed by atoms with Crippen LogP contribution in [0.5, 0.6) is 0 Å². The molecule has 2 aromatic heterocycles. The molecule has 1 aliphatic heterocycles. The summed E-state index contributed by atoms with van der Waals surface area (Å²) in [4.78, 5) is 28.9. The molecule has 0 bridgehead atoms. The summed E-state index contributed by atoms with van der Waals surface area (Å²) in [5.74, 6) is 1.71. The van der Waals surface area contributed by atoms with Crippen LogP contribution in [0.3, 0.4) is 0 Å². The van der Waals surface area contributed by atoms with Gasteiger partial charge in [-0.05, 0) is 37.0 Å². The number of aromatic nitrogens is 4. The molecule has 9 heteroatoms. The van der Waals surface area contributed by atoms with Crippen molar-refractivity contribution in [3.63, 3.8) is 0 Å². The van der Waals surface area contributed by atoms with Gasteiger partial charge in [0.25, 0.3) is 0 Å². The number of carbonyl (C=O) groups excluding carboxylic acids is 1. The second-order valence-corrected chi connectivity index (χ2v) is 11.0. The van der Waals surface area contributed by atoms with Gasteiger partial charge in [0, 0.05) is 32.0 Å². The van der Waals surface area contributed by atoms with Gasteiger partial charge in [-0.25, -0.2) is 23.4 Å². The number of hydrogen-bond acceptors (Lipinski definition) is 7. The van der Waals surface area contributed by atoms with Crippen LogP contribution in [0.4, 0.5) is 5.95 Å². The number of imidazole rings is 1. The summed E-state index contributed by atoms with van der Waals surface area (Å²) in [5, 5.41) is 0. The first kappa shape index (κ1) is 23.4. The molecule has 8 nitrogen and oxygen atoms in total. The molecular weight excluding hydrogens is 438 g/mol. The molecule has 0 unspecified atom stereocenters. The lowest BCUT2D eigenvalue weighted by atomic mass is 10.00. The topological polar surface area (TPSA) is 98.0 Å². The quantitative estimate of drug-likeness (QED) is 0.505. The van der Waals surface area contributed by atoms with Gasteiger partial charge in [0.15, 0.2) is 15.6 Å². The Balaban J connectivity index is 1.84. The van der Waals surface area contributed by atoms with Crippen molar-refractivity contribution >= 4 is 32.6 Å². The lowest BCUT2D eigenvalue weighted by Crippen LogP contribution is -2.42. The summed E-state index contributed by atoms with van der Waals surface area (Å²) in [5.41, 5.74) is 3.68. The van der Waals surface area contributed by atoms with Gasteiger partial charge >= 0.3 is 0 Å². The van der Waals surface area contributed by atoms with E-state index >= 15 is 0 Å². The fourth-order valence-electron chi connectivity index (χ4n) is 4.72. The standard InChI is InChI=1S/C24H31N5O3S/c1-7-16-11-18-19(12-21(16)33(6,31)32)28-9-10-29(22(14(3)4)23(28)27-18)24-25-13-17(15(5)26-24)20(30)8-2/h11-14,22H,7-10H2,1-6H3/t22-/m1/s1. The van der Waals surface area contributed by atoms with E-state index in [1.807, 2.05) is 26.8 Å². The van der Waals surface area contributed by atoms with Crippen LogP contribution in [0.25, 0.3) is 11.0 Å². The van der Waals surface area contributed by atoms with E-state index < -0.39 is 9.84 Å². The highest BCUT2D eigenvalue weighted by molar-refractivity contribution is 7.90. The van der Waals surface area contributed by atoms with Gasteiger partial charge in [0.1, 0.15) is 5.82 Å². The molecule has 1 aromatic carbocycles. The number of anilines is 1. The van der Waals surface area contributed by atoms with Crippen LogP contribution in [-0.2, 0) is 22.8 Å². The number of fused-ring (bicyclic) bond motifs is 3. The van der Waals surface area contributed by atoms with Gasteiger partial charge in [0.2, 0.25) is 5.95 Å². The highest BCUT2D eigenvalue weighted by Crippen LogP contribution is 2.37. The molecule has 176 valence electrons. The maximum atomic E-state index is 12.4. The zero-order valence-electron chi connectivity index (χ0n) is 20.1. The van der Waals surface area contributed by atoms with Crippen molar-refractivity contribution in [3.05, 3.63) is 41.0 Å². The Morgan fingerprint density at radius 3 is 2.48 bits per heavy atom. The summed E-state index contributed by atoms with van der Waals surface area (Å²) in [6.07, 6.45) is 3.92. The number of benzene rings is 1. The lowest BCUT2D eigenvalue weighted by Gasteiger charge is -2.38. The van der Waals surface area contributed by atoms with Crippen molar-refractivity contribution in [2.45, 2.75) is 64.9 Å². The number of nitrogens with zero attached hydrogens (tertiary/aromatic N) is 5. The largest absolute Gasteiger partial charge is 0.329 e. The van der Waals surface area contributed by atoms with Crippen LogP contribution in [0, 0.1) is 12.8 Å². The van der Waals surface area contributed by atoms with Crippen molar-refractivity contribution in [3.8, 4) is 0 Å². The number of sulfone groups is 1. The van der Waals surface area contributed by atoms with Gasteiger partial charge in [-0.15, -0.1) is 0 Å². The lowest BCUT2D eigenvalue weighted by molar-refractivity contribution is 0.0986. The van der Waals surface area contributed by atoms with E-state index in [-0.39, 0.29) is 17.7 Å². The van der Waals surface area contributed by atoms with E-state index in [4.69, 9.17) is 4.98 Å². The molecule has 0 fully saturated rings. The first-order valence-electron chi connectivity index (χ1n) is 11.4. The molecule has 4 rings (SSSR count). The Morgan fingerprint density at radius 1 is 1.18 bits per heavy atom. The second kappa shape index (κ2) is 8.52. The van der Waals surface area contributed by atoms with Crippen molar-refractivity contribution in [2.75, 3.05) is 17.7 Å². The normalized spacial score (nSPS) is 16.5. The molecule has 0 N–H and O–H groups in total. The number of rotatable bonds is 6. The minimum absolute atomic E-state index is 0.0355. The average molecular weight is 470 g/mol. The molecule has 1 aliphatic rings. The van der Waals surface area contributed by atoms with Crippen molar-refractivity contribution in [1.82, 2.24) is 19.5 Å². The molecule has 1 atom stereocenters. The van der Waals surface area contributed by atoms with E-state index in [1.165, 1.54) is 6.26 Å². The highest BCUT2D eigenvalue weighted by Gasteiger charge is 2.35. The molecule has 0 spiro atoms. The van der Waals surface area contributed by atoms with E-state index in [2.05, 4.69) is 33.3 Å². The van der Waals surface area contributed by atoms with E-state index in [1.54, 1.807) is 12.3 Å². The van der Waals surface area contributed by atoms with Gasteiger partial charge in [-0.3, -0.25) is 4.79 Å². The zero-order valence-corrected chi connectivity index (χ0v) is 20.9. The van der Waals surface area contributed by atoms with Crippen LogP contribution >= 0.6 is 0 Å². The summed E-state index contributed by atoms with van der Waals surface area (Å²) in [6, 6.07) is 3.61. The Bertz CT molecular complexity index is 1340. The Morgan fingerprint density at radius 2 is 1.91 bits per heavy atom. The monoisotopic (exact) mass is 469 g/mol. The summed E-state index contributed by atoms with van der Waals surface area (Å²) in [7, 11) is -3.34. The summed E-state index contributed by atoms with van der Waals surface area (Å²) >= 11 is 0. The van der Waals surface area contributed by atoms with Gasteiger partial charge in [-0.2, -0.15) is 0 Å². The van der Waals surface area contributed by atoms with Crippen LogP contribution < -0.4 is 4.90 Å². The third-order valence-electron chi connectivity index (χ3n) is 6.38. The molecule has 0 saturated heterocycles. The molecule has 0 saturated carbocycles. The van der Waals surface area contributed by atoms with E-state index in [0.29, 0.717) is 48.0 Å². The van der Waals surface area contributed by atoms with Crippen molar-refractivity contribution in [1.29, 1.82) is 0 Å². The molecule has 33 heavy (non-hydrogen) atoms. The Kier molecular flexibility index (Phi) is 6.03. The van der Waals surface area contributed by atoms with Gasteiger partial charge < -0.3 is 9.47 Å². The number of aryl methyl sites for hydroxylation is 2. The predicted octanol–water partition coefficient (Wildman–Crippen LogP) is 3.91. The molecule has 0 aliphatic carbocycles. The molecule has 3 heterocycles. The van der Waals surface area contributed by atoms with Crippen LogP contribution in [0.15, 0.2) is 23.2 Å². The van der Waals surface area contributed by atoms with Crippen molar-refractivity contribution < 1.29 is 13.2 Å². The molecular formula is C24H31N5O3S. The van der Waals surface area contributed by atoms with Crippen molar-refractivity contribution in [2.24, 2.45) is 5.92 Å². The third kappa shape index (κ3) is 4.03. The van der Waals surface area contributed by atoms with E-state index in [0.717, 1.165) is 22.4 Å². The molecule has 0 radical (unpaired) electrons. The van der Waals surface area contributed by atoms with Crippen LogP contribution in [0.2, 0.25) is 0 Å². The maximum Gasteiger partial charge on any atom is 0.226 e. The fraction of sp³-hybridized carbons (Fsp3) is 0.500. The average Bonchev–Trinajstić information content (AvgIpc) is 3.13. The minimum Gasteiger partial charge on any atom is -0.329 e. The third-order valence-corrected chi connectivity index (χ3v) is 7.56. The molecule has 0 amide bonds. The minimum atomic E-state index is -3.34. The van der Waals surface area contributed by atoms with Crippen LogP contribution in [0.1, 0.15) is 67.6 Å². The smallest absolute Gasteiger partial charge is 0.226 e. The first-order valence-corrected chi connectivity index (χ1v) is 13.3. The number of hydrogen-bond donors (Lipinski definition) is 0. The SMILES string of the molecule is CCC(=O)c1cnc(N2CCn3c(nc4cc(CC)c(S(C)(=O)=O)cc43)[C@H]2C(C)C)nc1C. The van der Waals surface area contributed by atoms with E-state index in [9.17, 15) is 13.2 Å². The van der Waals surface area contributed by atoms with Crippen LogP contribution in [-0.4, -0.2) is 46.5 Å². The predicted molar refractivity (Wildman–Crippen MR) is 129 cm³/mol. The molecule has 3 aromatic rings.